The molecular weight excluding hydrogens is 238 g/mol. The first-order chi connectivity index (χ1) is 7.75. The normalized spacial score (nSPS) is 10.4. The summed E-state index contributed by atoms with van der Waals surface area (Å²) in [6, 6.07) is 8.19. The molecular formula is C13H14ClNS. The molecule has 1 N–H and O–H groups in total. The molecule has 0 unspecified atom stereocenters. The summed E-state index contributed by atoms with van der Waals surface area (Å²) >= 11 is 7.83. The lowest BCUT2D eigenvalue weighted by atomic mass is 10.2. The van der Waals surface area contributed by atoms with E-state index in [0.29, 0.717) is 0 Å². The second-order valence-corrected chi connectivity index (χ2v) is 4.98. The maximum atomic E-state index is 6.10. The van der Waals surface area contributed by atoms with Crippen molar-refractivity contribution in [1.29, 1.82) is 0 Å². The van der Waals surface area contributed by atoms with Crippen molar-refractivity contribution < 1.29 is 0 Å². The molecule has 0 radical (unpaired) electrons. The smallest absolute Gasteiger partial charge is 0.0637 e. The highest BCUT2D eigenvalue weighted by Crippen LogP contribution is 2.22. The Morgan fingerprint density at radius 2 is 2.19 bits per heavy atom. The van der Waals surface area contributed by atoms with Crippen LogP contribution in [0.25, 0.3) is 0 Å². The summed E-state index contributed by atoms with van der Waals surface area (Å²) in [4.78, 5) is 0. The third kappa shape index (κ3) is 3.00. The van der Waals surface area contributed by atoms with Crippen molar-refractivity contribution in [3.8, 4) is 0 Å². The van der Waals surface area contributed by atoms with Crippen LogP contribution in [0, 0.1) is 6.92 Å². The van der Waals surface area contributed by atoms with Gasteiger partial charge in [-0.15, -0.1) is 0 Å². The number of halogens is 1. The van der Waals surface area contributed by atoms with Crippen LogP contribution in [0.5, 0.6) is 0 Å². The number of aryl methyl sites for hydroxylation is 1. The highest BCUT2D eigenvalue weighted by atomic mass is 35.5. The molecule has 2 rings (SSSR count). The summed E-state index contributed by atoms with van der Waals surface area (Å²) in [7, 11) is 0. The van der Waals surface area contributed by atoms with Gasteiger partial charge in [-0.2, -0.15) is 11.3 Å². The van der Waals surface area contributed by atoms with Crippen LogP contribution >= 0.6 is 22.9 Å². The average molecular weight is 252 g/mol. The lowest BCUT2D eigenvalue weighted by Crippen LogP contribution is -2.04. The predicted molar refractivity (Wildman–Crippen MR) is 72.7 cm³/mol. The second-order valence-electron chi connectivity index (χ2n) is 3.79. The molecule has 1 aromatic heterocycles. The molecule has 16 heavy (non-hydrogen) atoms. The summed E-state index contributed by atoms with van der Waals surface area (Å²) in [5, 5.41) is 8.44. The van der Waals surface area contributed by atoms with Gasteiger partial charge in [0, 0.05) is 6.54 Å². The minimum absolute atomic E-state index is 0.788. The molecule has 2 aromatic rings. The molecule has 1 nitrogen and oxygen atoms in total. The first-order valence-electron chi connectivity index (χ1n) is 5.27. The SMILES string of the molecule is Cc1ccc(Cl)c(NCCc2ccsc2)c1. The fraction of sp³-hybridized carbons (Fsp3) is 0.231. The van der Waals surface area contributed by atoms with Gasteiger partial charge >= 0.3 is 0 Å². The lowest BCUT2D eigenvalue weighted by Gasteiger charge is -2.08. The molecule has 84 valence electrons. The third-order valence-corrected chi connectivity index (χ3v) is 3.49. The van der Waals surface area contributed by atoms with Crippen LogP contribution in [0.1, 0.15) is 11.1 Å². The van der Waals surface area contributed by atoms with Gasteiger partial charge in [-0.05, 0) is 53.4 Å². The van der Waals surface area contributed by atoms with Gasteiger partial charge in [0.05, 0.1) is 10.7 Å². The van der Waals surface area contributed by atoms with Crippen molar-refractivity contribution in [3.63, 3.8) is 0 Å². The predicted octanol–water partition coefficient (Wildman–Crippen LogP) is 4.36. The highest BCUT2D eigenvalue weighted by Gasteiger charge is 1.99. The first kappa shape index (κ1) is 11.5. The van der Waals surface area contributed by atoms with Crippen LogP contribution in [-0.4, -0.2) is 6.54 Å². The summed E-state index contributed by atoms with van der Waals surface area (Å²) < 4.78 is 0. The first-order valence-corrected chi connectivity index (χ1v) is 6.59. The molecule has 1 aromatic carbocycles. The molecule has 0 atom stereocenters. The van der Waals surface area contributed by atoms with E-state index in [1.54, 1.807) is 11.3 Å². The largest absolute Gasteiger partial charge is 0.384 e. The molecule has 0 amide bonds. The van der Waals surface area contributed by atoms with E-state index >= 15 is 0 Å². The van der Waals surface area contributed by atoms with Crippen LogP contribution in [-0.2, 0) is 6.42 Å². The van der Waals surface area contributed by atoms with Crippen LogP contribution in [0.3, 0.4) is 0 Å². The Kier molecular flexibility index (Phi) is 3.86. The maximum absolute atomic E-state index is 6.10. The van der Waals surface area contributed by atoms with Crippen molar-refractivity contribution in [2.24, 2.45) is 0 Å². The second kappa shape index (κ2) is 5.37. The van der Waals surface area contributed by atoms with E-state index in [-0.39, 0.29) is 0 Å². The number of rotatable bonds is 4. The number of hydrogen-bond donors (Lipinski definition) is 1. The number of nitrogens with one attached hydrogen (secondary N) is 1. The standard InChI is InChI=1S/C13H14ClNS/c1-10-2-3-12(14)13(8-10)15-6-4-11-5-7-16-9-11/h2-3,5,7-9,15H,4,6H2,1H3. The molecule has 0 saturated heterocycles. The Hall–Kier alpha value is -0.990. The molecule has 0 aliphatic heterocycles. The van der Waals surface area contributed by atoms with Gasteiger partial charge in [0.2, 0.25) is 0 Å². The zero-order valence-electron chi connectivity index (χ0n) is 9.16. The highest BCUT2D eigenvalue weighted by molar-refractivity contribution is 7.07. The number of hydrogen-bond acceptors (Lipinski definition) is 2. The van der Waals surface area contributed by atoms with Crippen LogP contribution in [0.15, 0.2) is 35.0 Å². The minimum atomic E-state index is 0.788. The van der Waals surface area contributed by atoms with Crippen molar-refractivity contribution in [2.45, 2.75) is 13.3 Å². The zero-order valence-corrected chi connectivity index (χ0v) is 10.7. The monoisotopic (exact) mass is 251 g/mol. The van der Waals surface area contributed by atoms with Crippen LogP contribution in [0.2, 0.25) is 5.02 Å². The molecule has 0 fully saturated rings. The van der Waals surface area contributed by atoms with Gasteiger partial charge in [-0.3, -0.25) is 0 Å². The quantitative estimate of drug-likeness (QED) is 0.851. The Balaban J connectivity index is 1.92. The molecule has 0 aliphatic rings. The van der Waals surface area contributed by atoms with E-state index in [1.807, 2.05) is 12.1 Å². The van der Waals surface area contributed by atoms with Gasteiger partial charge < -0.3 is 5.32 Å². The number of thiophene rings is 1. The Bertz CT molecular complexity index is 451. The van der Waals surface area contributed by atoms with E-state index in [4.69, 9.17) is 11.6 Å². The molecule has 0 spiro atoms. The minimum Gasteiger partial charge on any atom is -0.384 e. The van der Waals surface area contributed by atoms with Crippen molar-refractivity contribution in [3.05, 3.63) is 51.2 Å². The van der Waals surface area contributed by atoms with Gasteiger partial charge in [-0.25, -0.2) is 0 Å². The summed E-state index contributed by atoms with van der Waals surface area (Å²) in [6.07, 6.45) is 1.04. The molecule has 3 heteroatoms. The van der Waals surface area contributed by atoms with Crippen molar-refractivity contribution >= 4 is 28.6 Å². The van der Waals surface area contributed by atoms with Crippen LogP contribution in [0.4, 0.5) is 5.69 Å². The third-order valence-electron chi connectivity index (χ3n) is 2.43. The Morgan fingerprint density at radius 1 is 1.31 bits per heavy atom. The molecule has 1 heterocycles. The van der Waals surface area contributed by atoms with E-state index < -0.39 is 0 Å². The van der Waals surface area contributed by atoms with E-state index in [0.717, 1.165) is 23.7 Å². The van der Waals surface area contributed by atoms with Crippen LogP contribution < -0.4 is 5.32 Å². The number of benzene rings is 1. The molecule has 0 aliphatic carbocycles. The number of anilines is 1. The van der Waals surface area contributed by atoms with Gasteiger partial charge in [0.15, 0.2) is 0 Å². The van der Waals surface area contributed by atoms with E-state index in [1.165, 1.54) is 11.1 Å². The lowest BCUT2D eigenvalue weighted by molar-refractivity contribution is 1.03. The fourth-order valence-electron chi connectivity index (χ4n) is 1.55. The van der Waals surface area contributed by atoms with E-state index in [9.17, 15) is 0 Å². The Morgan fingerprint density at radius 3 is 2.94 bits per heavy atom. The zero-order chi connectivity index (χ0) is 11.4. The fourth-order valence-corrected chi connectivity index (χ4v) is 2.44. The topological polar surface area (TPSA) is 12.0 Å². The maximum Gasteiger partial charge on any atom is 0.0637 e. The summed E-state index contributed by atoms with van der Waals surface area (Å²) in [5.41, 5.74) is 3.63. The van der Waals surface area contributed by atoms with Gasteiger partial charge in [-0.1, -0.05) is 17.7 Å². The van der Waals surface area contributed by atoms with E-state index in [2.05, 4.69) is 35.1 Å². The molecule has 0 saturated carbocycles. The molecule has 0 bridgehead atoms. The summed E-state index contributed by atoms with van der Waals surface area (Å²) in [6.45, 7) is 2.99. The average Bonchev–Trinajstić information content (AvgIpc) is 2.76. The van der Waals surface area contributed by atoms with Crippen molar-refractivity contribution in [1.82, 2.24) is 0 Å². The van der Waals surface area contributed by atoms with Gasteiger partial charge in [0.1, 0.15) is 0 Å². The summed E-state index contributed by atoms with van der Waals surface area (Å²) in [5.74, 6) is 0. The van der Waals surface area contributed by atoms with Crippen molar-refractivity contribution in [2.75, 3.05) is 11.9 Å². The van der Waals surface area contributed by atoms with Gasteiger partial charge in [0.25, 0.3) is 0 Å². The Labute approximate surface area is 105 Å².